The average molecular weight is 284 g/mol. The van der Waals surface area contributed by atoms with Crippen molar-refractivity contribution in [3.8, 4) is 0 Å². The van der Waals surface area contributed by atoms with Gasteiger partial charge in [-0.1, -0.05) is 6.92 Å². The summed E-state index contributed by atoms with van der Waals surface area (Å²) in [5.41, 5.74) is 0. The van der Waals surface area contributed by atoms with Crippen LogP contribution in [-0.2, 0) is 9.53 Å². The molecular weight excluding hydrogens is 260 g/mol. The Morgan fingerprint density at radius 3 is 2.50 bits per heavy atom. The lowest BCUT2D eigenvalue weighted by Gasteiger charge is -2.40. The molecule has 2 heterocycles. The Morgan fingerprint density at radius 2 is 1.85 bits per heavy atom. The van der Waals surface area contributed by atoms with E-state index in [2.05, 4.69) is 6.92 Å². The molecule has 0 aromatic heterocycles. The minimum Gasteiger partial charge on any atom is -0.481 e. The van der Waals surface area contributed by atoms with Crippen LogP contribution >= 0.6 is 0 Å². The zero-order valence-electron chi connectivity index (χ0n) is 12.2. The van der Waals surface area contributed by atoms with Gasteiger partial charge in [0.05, 0.1) is 12.0 Å². The molecule has 2 fully saturated rings. The predicted octanol–water partition coefficient (Wildman–Crippen LogP) is 1.26. The molecule has 0 aromatic rings. The summed E-state index contributed by atoms with van der Waals surface area (Å²) in [6.07, 6.45) is 2.44. The Bertz CT molecular complexity index is 374. The third kappa shape index (κ3) is 3.23. The van der Waals surface area contributed by atoms with Gasteiger partial charge in [-0.15, -0.1) is 0 Å². The molecule has 0 bridgehead atoms. The van der Waals surface area contributed by atoms with Gasteiger partial charge in [-0.2, -0.15) is 0 Å². The van der Waals surface area contributed by atoms with Gasteiger partial charge in [0.2, 0.25) is 0 Å². The van der Waals surface area contributed by atoms with Crippen LogP contribution in [0.3, 0.4) is 0 Å². The van der Waals surface area contributed by atoms with Gasteiger partial charge >= 0.3 is 12.0 Å². The van der Waals surface area contributed by atoms with E-state index in [0.717, 1.165) is 19.4 Å². The minimum absolute atomic E-state index is 0.0371. The van der Waals surface area contributed by atoms with Crippen LogP contribution in [0.1, 0.15) is 26.2 Å². The number of hydrogen-bond donors (Lipinski definition) is 1. The fourth-order valence-electron chi connectivity index (χ4n) is 3.07. The maximum absolute atomic E-state index is 12.5. The summed E-state index contributed by atoms with van der Waals surface area (Å²) in [6.45, 7) is 4.46. The first-order valence-electron chi connectivity index (χ1n) is 7.32. The summed E-state index contributed by atoms with van der Waals surface area (Å²) < 4.78 is 5.42. The maximum atomic E-state index is 12.5. The normalized spacial score (nSPS) is 31.2. The Labute approximate surface area is 119 Å². The van der Waals surface area contributed by atoms with Crippen molar-refractivity contribution in [2.45, 2.75) is 32.3 Å². The molecule has 114 valence electrons. The van der Waals surface area contributed by atoms with E-state index in [1.807, 2.05) is 0 Å². The second-order valence-electron chi connectivity index (χ2n) is 5.89. The van der Waals surface area contributed by atoms with E-state index < -0.39 is 11.9 Å². The number of rotatable bonds is 2. The SMILES string of the molecule is COC1CN(C(=O)N2CCC[C@H](C(=O)O)C2)CCC1C. The van der Waals surface area contributed by atoms with E-state index in [4.69, 9.17) is 9.84 Å². The molecule has 0 saturated carbocycles. The van der Waals surface area contributed by atoms with Crippen LogP contribution in [0.5, 0.6) is 0 Å². The van der Waals surface area contributed by atoms with Crippen molar-refractivity contribution in [2.24, 2.45) is 11.8 Å². The smallest absolute Gasteiger partial charge is 0.320 e. The number of carboxylic acids is 1. The molecule has 0 aromatic carbocycles. The Morgan fingerprint density at radius 1 is 1.15 bits per heavy atom. The summed E-state index contributed by atoms with van der Waals surface area (Å²) >= 11 is 0. The van der Waals surface area contributed by atoms with Crippen molar-refractivity contribution in [1.29, 1.82) is 0 Å². The minimum atomic E-state index is -0.801. The molecule has 2 rings (SSSR count). The van der Waals surface area contributed by atoms with Crippen molar-refractivity contribution in [3.63, 3.8) is 0 Å². The summed E-state index contributed by atoms with van der Waals surface area (Å²) in [7, 11) is 1.68. The van der Waals surface area contributed by atoms with E-state index in [9.17, 15) is 9.59 Å². The second-order valence-corrected chi connectivity index (χ2v) is 5.89. The van der Waals surface area contributed by atoms with Crippen LogP contribution in [0.2, 0.25) is 0 Å². The number of likely N-dealkylation sites (tertiary alicyclic amines) is 2. The molecule has 2 saturated heterocycles. The van der Waals surface area contributed by atoms with Crippen molar-refractivity contribution in [2.75, 3.05) is 33.3 Å². The number of carbonyl (C=O) groups is 2. The number of urea groups is 1. The van der Waals surface area contributed by atoms with Crippen LogP contribution < -0.4 is 0 Å². The van der Waals surface area contributed by atoms with Gasteiger partial charge < -0.3 is 19.6 Å². The van der Waals surface area contributed by atoms with Crippen LogP contribution in [0.15, 0.2) is 0 Å². The number of amides is 2. The van der Waals surface area contributed by atoms with Crippen molar-refractivity contribution < 1.29 is 19.4 Å². The van der Waals surface area contributed by atoms with E-state index in [0.29, 0.717) is 32.0 Å². The number of carboxylic acid groups (broad SMARTS) is 1. The number of ether oxygens (including phenoxy) is 1. The van der Waals surface area contributed by atoms with E-state index >= 15 is 0 Å². The van der Waals surface area contributed by atoms with E-state index in [-0.39, 0.29) is 12.1 Å². The van der Waals surface area contributed by atoms with Crippen LogP contribution in [0.4, 0.5) is 4.79 Å². The van der Waals surface area contributed by atoms with Gasteiger partial charge in [-0.25, -0.2) is 4.79 Å². The first-order chi connectivity index (χ1) is 9.52. The maximum Gasteiger partial charge on any atom is 0.320 e. The third-order valence-electron chi connectivity index (χ3n) is 4.50. The molecule has 1 N–H and O–H groups in total. The lowest BCUT2D eigenvalue weighted by molar-refractivity contribution is -0.143. The molecule has 2 aliphatic rings. The molecule has 0 radical (unpaired) electrons. The Balaban J connectivity index is 1.95. The number of nitrogens with zero attached hydrogens (tertiary/aromatic N) is 2. The predicted molar refractivity (Wildman–Crippen MR) is 73.5 cm³/mol. The molecule has 6 nitrogen and oxygen atoms in total. The lowest BCUT2D eigenvalue weighted by atomic mass is 9.95. The Kier molecular flexibility index (Phi) is 4.86. The van der Waals surface area contributed by atoms with Crippen LogP contribution in [-0.4, -0.2) is 66.3 Å². The lowest BCUT2D eigenvalue weighted by Crippen LogP contribution is -2.54. The van der Waals surface area contributed by atoms with Gasteiger partial charge in [0.25, 0.3) is 0 Å². The molecule has 20 heavy (non-hydrogen) atoms. The second kappa shape index (κ2) is 6.43. The van der Waals surface area contributed by atoms with Gasteiger partial charge in [-0.05, 0) is 25.2 Å². The molecule has 2 aliphatic heterocycles. The van der Waals surface area contributed by atoms with Crippen molar-refractivity contribution in [1.82, 2.24) is 9.80 Å². The standard InChI is InChI=1S/C14H24N2O4/c1-10-5-7-16(9-12(10)20-2)14(19)15-6-3-4-11(8-15)13(17)18/h10-12H,3-9H2,1-2H3,(H,17,18)/t10?,11-,12?/m0/s1. The highest BCUT2D eigenvalue weighted by atomic mass is 16.5. The van der Waals surface area contributed by atoms with E-state index in [1.54, 1.807) is 16.9 Å². The number of methoxy groups -OCH3 is 1. The quantitative estimate of drug-likeness (QED) is 0.828. The molecule has 0 spiro atoms. The van der Waals surface area contributed by atoms with Gasteiger partial charge in [0, 0.05) is 33.3 Å². The van der Waals surface area contributed by atoms with Crippen LogP contribution in [0.25, 0.3) is 0 Å². The first kappa shape index (κ1) is 15.1. The highest BCUT2D eigenvalue weighted by Gasteiger charge is 2.34. The fourth-order valence-corrected chi connectivity index (χ4v) is 3.07. The zero-order valence-corrected chi connectivity index (χ0v) is 12.2. The van der Waals surface area contributed by atoms with Gasteiger partial charge in [0.15, 0.2) is 0 Å². The highest BCUT2D eigenvalue weighted by Crippen LogP contribution is 2.23. The van der Waals surface area contributed by atoms with Crippen molar-refractivity contribution >= 4 is 12.0 Å². The van der Waals surface area contributed by atoms with Gasteiger partial charge in [0.1, 0.15) is 0 Å². The van der Waals surface area contributed by atoms with Crippen LogP contribution in [0, 0.1) is 11.8 Å². The summed E-state index contributed by atoms with van der Waals surface area (Å²) in [4.78, 5) is 27.1. The molecule has 6 heteroatoms. The number of hydrogen-bond acceptors (Lipinski definition) is 3. The summed E-state index contributed by atoms with van der Waals surface area (Å²) in [6, 6.07) is -0.0371. The topological polar surface area (TPSA) is 70.1 Å². The summed E-state index contributed by atoms with van der Waals surface area (Å²) in [5, 5.41) is 9.09. The zero-order chi connectivity index (χ0) is 14.7. The first-order valence-corrected chi connectivity index (χ1v) is 7.32. The fraction of sp³-hybridized carbons (Fsp3) is 0.857. The van der Waals surface area contributed by atoms with E-state index in [1.165, 1.54) is 0 Å². The number of aliphatic carboxylic acids is 1. The molecule has 0 aliphatic carbocycles. The highest BCUT2D eigenvalue weighted by molar-refractivity contribution is 5.76. The summed E-state index contributed by atoms with van der Waals surface area (Å²) in [5.74, 6) is -0.767. The molecule has 2 unspecified atom stereocenters. The average Bonchev–Trinajstić information content (AvgIpc) is 2.47. The number of piperidine rings is 2. The Hall–Kier alpha value is -1.30. The molecular formula is C14H24N2O4. The van der Waals surface area contributed by atoms with Gasteiger partial charge in [-0.3, -0.25) is 4.79 Å². The molecule has 3 atom stereocenters. The largest absolute Gasteiger partial charge is 0.481 e. The third-order valence-corrected chi connectivity index (χ3v) is 4.50. The van der Waals surface area contributed by atoms with Crippen molar-refractivity contribution in [3.05, 3.63) is 0 Å². The molecule has 2 amide bonds. The number of carbonyl (C=O) groups excluding carboxylic acids is 1. The monoisotopic (exact) mass is 284 g/mol.